The van der Waals surface area contributed by atoms with Gasteiger partial charge < -0.3 is 9.15 Å². The minimum atomic E-state index is -4.38. The van der Waals surface area contributed by atoms with Gasteiger partial charge in [-0.2, -0.15) is 13.2 Å². The molecule has 0 atom stereocenters. The van der Waals surface area contributed by atoms with E-state index in [1.165, 1.54) is 12.1 Å². The predicted molar refractivity (Wildman–Crippen MR) is 60.5 cm³/mol. The van der Waals surface area contributed by atoms with Gasteiger partial charge in [0.1, 0.15) is 11.3 Å². The lowest BCUT2D eigenvalue weighted by molar-refractivity contribution is -0.153. The van der Waals surface area contributed by atoms with Gasteiger partial charge in [-0.15, -0.1) is 0 Å². The molecule has 0 spiro atoms. The second kappa shape index (κ2) is 4.41. The Balaban J connectivity index is 2.30. The standard InChI is InChI=1S/C9H5BrF3NO2S/c10-5-1-4(15-3-9(11,12)13)2-6-7(5)16-8(17)14-6/h1-2H,3H2,(H,14,17). The molecule has 1 aromatic carbocycles. The molecule has 92 valence electrons. The van der Waals surface area contributed by atoms with Crippen molar-refractivity contribution >= 4 is 39.7 Å². The summed E-state index contributed by atoms with van der Waals surface area (Å²) in [6.45, 7) is -1.35. The van der Waals surface area contributed by atoms with Gasteiger partial charge in [0.2, 0.25) is 0 Å². The molecule has 0 amide bonds. The van der Waals surface area contributed by atoms with Crippen molar-refractivity contribution in [3.63, 3.8) is 0 Å². The van der Waals surface area contributed by atoms with E-state index >= 15 is 0 Å². The normalized spacial score (nSPS) is 12.1. The molecule has 1 heterocycles. The summed E-state index contributed by atoms with van der Waals surface area (Å²) in [4.78, 5) is 3.89. The molecule has 2 rings (SSSR count). The number of hydrogen-bond donors (Lipinski definition) is 1. The van der Waals surface area contributed by atoms with Gasteiger partial charge in [0.25, 0.3) is 5.22 Å². The highest BCUT2D eigenvalue weighted by Gasteiger charge is 2.28. The van der Waals surface area contributed by atoms with Gasteiger partial charge in [-0.1, -0.05) is 12.6 Å². The fourth-order valence-corrected chi connectivity index (χ4v) is 1.91. The second-order valence-electron chi connectivity index (χ2n) is 3.15. The first-order valence-electron chi connectivity index (χ1n) is 4.34. The minimum Gasteiger partial charge on any atom is -0.484 e. The molecule has 0 saturated heterocycles. The number of benzene rings is 1. The molecule has 2 aromatic rings. The van der Waals surface area contributed by atoms with Gasteiger partial charge in [-0.25, -0.2) is 4.98 Å². The van der Waals surface area contributed by atoms with Crippen molar-refractivity contribution in [2.45, 2.75) is 11.4 Å². The smallest absolute Gasteiger partial charge is 0.422 e. The van der Waals surface area contributed by atoms with E-state index in [1.807, 2.05) is 0 Å². The predicted octanol–water partition coefficient (Wildman–Crippen LogP) is 3.82. The highest BCUT2D eigenvalue weighted by atomic mass is 79.9. The van der Waals surface area contributed by atoms with Crippen molar-refractivity contribution in [1.29, 1.82) is 0 Å². The van der Waals surface area contributed by atoms with Crippen molar-refractivity contribution in [3.8, 4) is 5.75 Å². The highest BCUT2D eigenvalue weighted by molar-refractivity contribution is 9.10. The monoisotopic (exact) mass is 327 g/mol. The van der Waals surface area contributed by atoms with Crippen LogP contribution in [-0.2, 0) is 0 Å². The zero-order valence-corrected chi connectivity index (χ0v) is 10.6. The third-order valence-electron chi connectivity index (χ3n) is 1.81. The van der Waals surface area contributed by atoms with Crippen LogP contribution in [0.4, 0.5) is 13.2 Å². The first-order valence-corrected chi connectivity index (χ1v) is 5.58. The Labute approximate surface area is 107 Å². The number of fused-ring (bicyclic) bond motifs is 1. The Morgan fingerprint density at radius 1 is 1.41 bits per heavy atom. The minimum absolute atomic E-state index is 0.0586. The van der Waals surface area contributed by atoms with E-state index in [0.29, 0.717) is 15.6 Å². The van der Waals surface area contributed by atoms with Gasteiger partial charge in [0.05, 0.1) is 4.47 Å². The molecule has 0 aliphatic rings. The summed E-state index contributed by atoms with van der Waals surface area (Å²) in [6, 6.07) is 2.74. The lowest BCUT2D eigenvalue weighted by Crippen LogP contribution is -2.19. The van der Waals surface area contributed by atoms with E-state index in [9.17, 15) is 13.2 Å². The zero-order chi connectivity index (χ0) is 12.6. The molecule has 8 heteroatoms. The summed E-state index contributed by atoms with van der Waals surface area (Å²) in [5.41, 5.74) is 0.788. The number of hydrogen-bond acceptors (Lipinski definition) is 4. The molecular weight excluding hydrogens is 323 g/mol. The maximum absolute atomic E-state index is 12.0. The van der Waals surface area contributed by atoms with Crippen LogP contribution in [0.1, 0.15) is 0 Å². The van der Waals surface area contributed by atoms with Crippen molar-refractivity contribution in [2.24, 2.45) is 0 Å². The van der Waals surface area contributed by atoms with Crippen molar-refractivity contribution in [1.82, 2.24) is 4.98 Å². The molecule has 0 aliphatic carbocycles. The van der Waals surface area contributed by atoms with E-state index in [1.54, 1.807) is 0 Å². The second-order valence-corrected chi connectivity index (χ2v) is 4.39. The number of rotatable bonds is 2. The fourth-order valence-electron chi connectivity index (χ4n) is 1.20. The van der Waals surface area contributed by atoms with Crippen LogP contribution in [0, 0.1) is 0 Å². The first-order chi connectivity index (χ1) is 7.85. The average Bonchev–Trinajstić information content (AvgIpc) is 2.55. The molecule has 0 bridgehead atoms. The number of ether oxygens (including phenoxy) is 1. The Morgan fingerprint density at radius 2 is 2.12 bits per heavy atom. The number of alkyl halides is 3. The molecule has 3 nitrogen and oxygen atoms in total. The van der Waals surface area contributed by atoms with Crippen LogP contribution < -0.4 is 4.74 Å². The van der Waals surface area contributed by atoms with Crippen LogP contribution >= 0.6 is 28.6 Å². The molecule has 0 unspecified atom stereocenters. The summed E-state index contributed by atoms with van der Waals surface area (Å²) in [5, 5.41) is 0.133. The van der Waals surface area contributed by atoms with Gasteiger partial charge in [0, 0.05) is 6.07 Å². The average molecular weight is 328 g/mol. The van der Waals surface area contributed by atoms with E-state index in [0.717, 1.165) is 0 Å². The molecule has 0 radical (unpaired) electrons. The maximum atomic E-state index is 12.0. The summed E-state index contributed by atoms with van der Waals surface area (Å²) in [7, 11) is 0. The van der Waals surface area contributed by atoms with Crippen LogP contribution in [0.5, 0.6) is 5.75 Å². The van der Waals surface area contributed by atoms with Crippen molar-refractivity contribution in [3.05, 3.63) is 16.6 Å². The summed E-state index contributed by atoms with van der Waals surface area (Å²) >= 11 is 7.06. The zero-order valence-electron chi connectivity index (χ0n) is 8.08. The number of nitrogens with zero attached hydrogens (tertiary/aromatic N) is 1. The number of oxazole rings is 1. The Bertz CT molecular complexity index is 555. The van der Waals surface area contributed by atoms with Crippen molar-refractivity contribution < 1.29 is 22.3 Å². The largest absolute Gasteiger partial charge is 0.484 e. The van der Waals surface area contributed by atoms with Gasteiger partial charge in [-0.05, 0) is 22.0 Å². The fraction of sp³-hybridized carbons (Fsp3) is 0.222. The molecule has 0 saturated carbocycles. The third kappa shape index (κ3) is 3.06. The molecule has 0 fully saturated rings. The van der Waals surface area contributed by atoms with Crippen molar-refractivity contribution in [2.75, 3.05) is 6.61 Å². The highest BCUT2D eigenvalue weighted by Crippen LogP contribution is 2.31. The lowest BCUT2D eigenvalue weighted by atomic mass is 10.3. The third-order valence-corrected chi connectivity index (χ3v) is 2.59. The van der Waals surface area contributed by atoms with Crippen LogP contribution in [0.2, 0.25) is 0 Å². The molecule has 17 heavy (non-hydrogen) atoms. The van der Waals surface area contributed by atoms with Crippen LogP contribution in [0.3, 0.4) is 0 Å². The lowest BCUT2D eigenvalue weighted by Gasteiger charge is -2.09. The topological polar surface area (TPSA) is 35.3 Å². The first kappa shape index (κ1) is 12.6. The Morgan fingerprint density at radius 3 is 2.76 bits per heavy atom. The van der Waals surface area contributed by atoms with Crippen LogP contribution in [-0.4, -0.2) is 17.8 Å². The van der Waals surface area contributed by atoms with E-state index in [2.05, 4.69) is 38.3 Å². The molecular formula is C9H5BrF3NO2S. The maximum Gasteiger partial charge on any atom is 0.422 e. The Hall–Kier alpha value is -0.890. The van der Waals surface area contributed by atoms with E-state index in [-0.39, 0.29) is 11.0 Å². The van der Waals surface area contributed by atoms with Gasteiger partial charge >= 0.3 is 6.18 Å². The van der Waals surface area contributed by atoms with E-state index in [4.69, 9.17) is 4.42 Å². The number of thiol groups is 1. The van der Waals surface area contributed by atoms with Crippen LogP contribution in [0.25, 0.3) is 11.1 Å². The summed E-state index contributed by atoms with van der Waals surface area (Å²) in [5.74, 6) is 0.0586. The molecule has 0 N–H and O–H groups in total. The summed E-state index contributed by atoms with van der Waals surface area (Å²) in [6.07, 6.45) is -4.38. The Kier molecular flexibility index (Phi) is 3.26. The summed E-state index contributed by atoms with van der Waals surface area (Å²) < 4.78 is 46.1. The quantitative estimate of drug-likeness (QED) is 0.852. The van der Waals surface area contributed by atoms with E-state index < -0.39 is 12.8 Å². The van der Waals surface area contributed by atoms with Gasteiger partial charge in [0.15, 0.2) is 12.2 Å². The molecule has 1 aromatic heterocycles. The van der Waals surface area contributed by atoms with Crippen LogP contribution in [0.15, 0.2) is 26.2 Å². The van der Waals surface area contributed by atoms with Gasteiger partial charge in [-0.3, -0.25) is 0 Å². The SMILES string of the molecule is FC(F)(F)COc1cc(Br)c2oc(S)nc2c1. The molecule has 0 aliphatic heterocycles. The number of aromatic nitrogens is 1. The number of halogens is 4.